The third kappa shape index (κ3) is 4.99. The summed E-state index contributed by atoms with van der Waals surface area (Å²) in [5, 5.41) is 0. The second kappa shape index (κ2) is 11.3. The Hall–Kier alpha value is 0.799. The first-order chi connectivity index (χ1) is 12.9. The van der Waals surface area contributed by atoms with Crippen LogP contribution in [0.4, 0.5) is 0 Å². The molecule has 0 aromatic rings. The van der Waals surface area contributed by atoms with E-state index in [2.05, 4.69) is 41.0 Å². The van der Waals surface area contributed by atoms with Crippen LogP contribution >= 0.6 is 0 Å². The van der Waals surface area contributed by atoms with Crippen LogP contribution in [0.15, 0.2) is 0 Å². The van der Waals surface area contributed by atoms with Crippen molar-refractivity contribution < 1.29 is 1.43 Å². The smallest absolute Gasteiger partial charge is 0 e. The second-order valence-electron chi connectivity index (χ2n) is 12.3. The molecule has 8 atom stereocenters. The standard InChI is InChI=1S/C27H47.2CH4.Sn.H2/c1-19(2)9-8-10-20(3)23-14-15-24-22-13-12-21-11-6-7-17-26(21,4)25(22)16-18-27(23,24)5;;;;/h6,19-25H,7-18H2,1-5H3;2*1H4;;1H/t20-,21-,22+,23-,24+,25+,26+,27-;;;;/m1..../s1. The molecule has 0 aromatic heterocycles. The van der Waals surface area contributed by atoms with Crippen LogP contribution in [0.25, 0.3) is 0 Å². The Morgan fingerprint density at radius 3 is 2.27 bits per heavy atom. The minimum atomic E-state index is 0. The van der Waals surface area contributed by atoms with E-state index in [1.165, 1.54) is 44.9 Å². The van der Waals surface area contributed by atoms with E-state index in [0.717, 1.165) is 41.4 Å². The molecule has 177 valence electrons. The molecule has 0 spiro atoms. The van der Waals surface area contributed by atoms with Gasteiger partial charge < -0.3 is 0 Å². The van der Waals surface area contributed by atoms with Gasteiger partial charge in [-0.05, 0) is 116 Å². The molecule has 0 unspecified atom stereocenters. The van der Waals surface area contributed by atoms with Crippen molar-refractivity contribution in [3.05, 3.63) is 6.42 Å². The molecule has 0 saturated heterocycles. The quantitative estimate of drug-likeness (QED) is 0.314. The molecule has 0 heterocycles. The van der Waals surface area contributed by atoms with Crippen molar-refractivity contribution in [3.63, 3.8) is 0 Å². The Morgan fingerprint density at radius 2 is 1.57 bits per heavy atom. The van der Waals surface area contributed by atoms with Crippen molar-refractivity contribution in [2.45, 2.75) is 127 Å². The number of hydrogen-bond acceptors (Lipinski definition) is 0. The summed E-state index contributed by atoms with van der Waals surface area (Å²) >= 11 is 0. The van der Waals surface area contributed by atoms with Gasteiger partial charge in [0.15, 0.2) is 0 Å². The molecule has 30 heavy (non-hydrogen) atoms. The summed E-state index contributed by atoms with van der Waals surface area (Å²) in [6.07, 6.45) is 20.6. The number of hydrogen-bond donors (Lipinski definition) is 0. The van der Waals surface area contributed by atoms with Crippen molar-refractivity contribution >= 4 is 23.9 Å². The molecule has 4 aliphatic rings. The third-order valence-corrected chi connectivity index (χ3v) is 10.6. The van der Waals surface area contributed by atoms with Crippen LogP contribution in [0.2, 0.25) is 0 Å². The molecule has 0 bridgehead atoms. The third-order valence-electron chi connectivity index (χ3n) is 10.6. The maximum Gasteiger partial charge on any atom is 0 e. The topological polar surface area (TPSA) is 0 Å². The van der Waals surface area contributed by atoms with Gasteiger partial charge in [-0.15, -0.1) is 0 Å². The molecular formula is C29H57Sn. The Labute approximate surface area is 210 Å². The van der Waals surface area contributed by atoms with Gasteiger partial charge in [-0.2, -0.15) is 0 Å². The normalized spacial score (nSPS) is 43.2. The molecule has 0 amide bonds. The van der Waals surface area contributed by atoms with Crippen LogP contribution in [0.1, 0.15) is 128 Å². The molecule has 5 radical (unpaired) electrons. The first-order valence-electron chi connectivity index (χ1n) is 12.7. The fourth-order valence-electron chi connectivity index (χ4n) is 9.07. The molecule has 0 aromatic carbocycles. The van der Waals surface area contributed by atoms with E-state index in [-0.39, 0.29) is 40.2 Å². The van der Waals surface area contributed by atoms with E-state index in [4.69, 9.17) is 0 Å². The Morgan fingerprint density at radius 1 is 0.867 bits per heavy atom. The van der Waals surface area contributed by atoms with Crippen LogP contribution in [0.5, 0.6) is 0 Å². The van der Waals surface area contributed by atoms with Gasteiger partial charge in [-0.25, -0.2) is 0 Å². The first kappa shape index (κ1) is 28.8. The molecule has 0 N–H and O–H groups in total. The predicted molar refractivity (Wildman–Crippen MR) is 139 cm³/mol. The van der Waals surface area contributed by atoms with Crippen LogP contribution in [-0.2, 0) is 0 Å². The molecule has 0 nitrogen and oxygen atoms in total. The molecule has 4 rings (SSSR count). The van der Waals surface area contributed by atoms with Crippen LogP contribution in [-0.4, -0.2) is 23.9 Å². The minimum absolute atomic E-state index is 0. The zero-order valence-electron chi connectivity index (χ0n) is 19.6. The molecule has 4 aliphatic carbocycles. The van der Waals surface area contributed by atoms with Crippen molar-refractivity contribution in [2.24, 2.45) is 52.3 Å². The zero-order chi connectivity index (χ0) is 19.2. The van der Waals surface area contributed by atoms with E-state index in [1.807, 2.05) is 0 Å². The zero-order valence-corrected chi connectivity index (χ0v) is 22.5. The Kier molecular flexibility index (Phi) is 10.8. The van der Waals surface area contributed by atoms with Gasteiger partial charge in [-0.1, -0.05) is 68.7 Å². The summed E-state index contributed by atoms with van der Waals surface area (Å²) in [5.74, 6) is 7.03. The SMILES string of the molecule is C.C.CC(C)CCC[C@@H](C)[C@H]1CC[C@H]2[C@@H]3CC[C@H]4C[CH]CC[C@]4(C)[C@H]3CC[C@]12C.[HH].[Sn]. The maximum atomic E-state index is 2.74. The maximum absolute atomic E-state index is 2.74. The van der Waals surface area contributed by atoms with Crippen LogP contribution < -0.4 is 0 Å². The van der Waals surface area contributed by atoms with Gasteiger partial charge in [-0.3, -0.25) is 0 Å². The molecule has 0 aliphatic heterocycles. The van der Waals surface area contributed by atoms with Crippen molar-refractivity contribution in [1.29, 1.82) is 0 Å². The Balaban J connectivity index is 0.00000225. The minimum Gasteiger partial charge on any atom is -0.0776 e. The fraction of sp³-hybridized carbons (Fsp3) is 0.966. The molecule has 4 fully saturated rings. The summed E-state index contributed by atoms with van der Waals surface area (Å²) in [7, 11) is 0. The number of fused-ring (bicyclic) bond motifs is 5. The summed E-state index contributed by atoms with van der Waals surface area (Å²) in [6, 6.07) is 0. The molecular weight excluding hydrogens is 467 g/mol. The predicted octanol–water partition coefficient (Wildman–Crippen LogP) is 9.45. The number of rotatable bonds is 5. The van der Waals surface area contributed by atoms with Crippen LogP contribution in [0.3, 0.4) is 0 Å². The van der Waals surface area contributed by atoms with Gasteiger partial charge in [0.05, 0.1) is 0 Å². The van der Waals surface area contributed by atoms with Crippen molar-refractivity contribution in [2.75, 3.05) is 0 Å². The van der Waals surface area contributed by atoms with Gasteiger partial charge in [0, 0.05) is 25.3 Å². The van der Waals surface area contributed by atoms with Gasteiger partial charge in [0.2, 0.25) is 0 Å². The molecule has 1 heteroatoms. The van der Waals surface area contributed by atoms with E-state index in [0.29, 0.717) is 10.8 Å². The van der Waals surface area contributed by atoms with Crippen molar-refractivity contribution in [1.82, 2.24) is 0 Å². The van der Waals surface area contributed by atoms with E-state index in [9.17, 15) is 0 Å². The summed E-state index contributed by atoms with van der Waals surface area (Å²) < 4.78 is 0. The molecule has 4 saturated carbocycles. The largest absolute Gasteiger partial charge is 0.0776 e. The van der Waals surface area contributed by atoms with Crippen molar-refractivity contribution in [3.8, 4) is 0 Å². The van der Waals surface area contributed by atoms with E-state index >= 15 is 0 Å². The van der Waals surface area contributed by atoms with Crippen LogP contribution in [0, 0.1) is 58.7 Å². The Bertz CT molecular complexity index is 519. The summed E-state index contributed by atoms with van der Waals surface area (Å²) in [4.78, 5) is 0. The second-order valence-corrected chi connectivity index (χ2v) is 12.3. The van der Waals surface area contributed by atoms with Gasteiger partial charge >= 0.3 is 0 Å². The summed E-state index contributed by atoms with van der Waals surface area (Å²) in [6.45, 7) is 12.8. The van der Waals surface area contributed by atoms with E-state index < -0.39 is 0 Å². The fourth-order valence-corrected chi connectivity index (χ4v) is 9.07. The van der Waals surface area contributed by atoms with Gasteiger partial charge in [0.1, 0.15) is 0 Å². The average Bonchev–Trinajstić information content (AvgIpc) is 2.98. The first-order valence-corrected chi connectivity index (χ1v) is 12.7. The average molecular weight is 524 g/mol. The van der Waals surface area contributed by atoms with E-state index in [1.54, 1.807) is 32.1 Å². The van der Waals surface area contributed by atoms with Gasteiger partial charge in [0.25, 0.3) is 0 Å². The monoisotopic (exact) mass is 525 g/mol. The summed E-state index contributed by atoms with van der Waals surface area (Å²) in [5.41, 5.74) is 1.35.